The largest absolute Gasteiger partial charge is 0.497 e. The molecule has 1 aromatic heterocycles. The number of methoxy groups -OCH3 is 1. The molecule has 72 valence electrons. The van der Waals surface area contributed by atoms with Crippen LogP contribution in [0.4, 0.5) is 5.82 Å². The summed E-state index contributed by atoms with van der Waals surface area (Å²) in [7, 11) is 1.63. The van der Waals surface area contributed by atoms with E-state index >= 15 is 0 Å². The Bertz CT molecular complexity index is 436. The molecule has 2 aromatic rings. The summed E-state index contributed by atoms with van der Waals surface area (Å²) in [5.41, 5.74) is 6.62. The Labute approximate surface area is 81.9 Å². The van der Waals surface area contributed by atoms with Crippen LogP contribution in [0.5, 0.6) is 5.75 Å². The van der Waals surface area contributed by atoms with Crippen LogP contribution in [-0.2, 0) is 0 Å². The van der Waals surface area contributed by atoms with E-state index in [1.54, 1.807) is 24.1 Å². The lowest BCUT2D eigenvalue weighted by atomic mass is 10.3. The summed E-state index contributed by atoms with van der Waals surface area (Å²) in [6.45, 7) is 0. The molecular formula is C10H11N3O. The van der Waals surface area contributed by atoms with Crippen molar-refractivity contribution in [3.05, 3.63) is 36.5 Å². The Morgan fingerprint density at radius 3 is 2.86 bits per heavy atom. The van der Waals surface area contributed by atoms with E-state index in [4.69, 9.17) is 10.5 Å². The van der Waals surface area contributed by atoms with Crippen molar-refractivity contribution in [3.63, 3.8) is 0 Å². The SMILES string of the molecule is COc1cccc(-n2nccc2N)c1. The predicted molar refractivity (Wildman–Crippen MR) is 54.5 cm³/mol. The fourth-order valence-electron chi connectivity index (χ4n) is 1.27. The average molecular weight is 189 g/mol. The van der Waals surface area contributed by atoms with Crippen molar-refractivity contribution < 1.29 is 4.74 Å². The van der Waals surface area contributed by atoms with E-state index in [2.05, 4.69) is 5.10 Å². The third kappa shape index (κ3) is 1.42. The van der Waals surface area contributed by atoms with Gasteiger partial charge in [-0.3, -0.25) is 0 Å². The predicted octanol–water partition coefficient (Wildman–Crippen LogP) is 1.46. The molecule has 0 fully saturated rings. The lowest BCUT2D eigenvalue weighted by Gasteiger charge is -2.05. The van der Waals surface area contributed by atoms with Crippen molar-refractivity contribution in [3.8, 4) is 11.4 Å². The molecule has 0 saturated heterocycles. The second kappa shape index (κ2) is 3.41. The maximum Gasteiger partial charge on any atom is 0.127 e. The number of hydrogen-bond donors (Lipinski definition) is 1. The number of benzene rings is 1. The van der Waals surface area contributed by atoms with Crippen molar-refractivity contribution in [1.82, 2.24) is 9.78 Å². The number of ether oxygens (including phenoxy) is 1. The smallest absolute Gasteiger partial charge is 0.127 e. The zero-order chi connectivity index (χ0) is 9.97. The minimum absolute atomic E-state index is 0.609. The van der Waals surface area contributed by atoms with E-state index in [-0.39, 0.29) is 0 Å². The average Bonchev–Trinajstić information content (AvgIpc) is 2.65. The third-order valence-corrected chi connectivity index (χ3v) is 1.97. The molecule has 1 heterocycles. The number of nitrogen functional groups attached to an aromatic ring is 1. The molecule has 2 rings (SSSR count). The fraction of sp³-hybridized carbons (Fsp3) is 0.100. The topological polar surface area (TPSA) is 53.1 Å². The minimum Gasteiger partial charge on any atom is -0.497 e. The van der Waals surface area contributed by atoms with E-state index in [1.165, 1.54) is 0 Å². The number of aromatic nitrogens is 2. The Balaban J connectivity index is 2.47. The normalized spacial score (nSPS) is 10.1. The molecule has 14 heavy (non-hydrogen) atoms. The van der Waals surface area contributed by atoms with Crippen molar-refractivity contribution in [2.75, 3.05) is 12.8 Å². The zero-order valence-corrected chi connectivity index (χ0v) is 7.84. The molecular weight excluding hydrogens is 178 g/mol. The maximum absolute atomic E-state index is 5.72. The van der Waals surface area contributed by atoms with Gasteiger partial charge in [-0.25, -0.2) is 4.68 Å². The van der Waals surface area contributed by atoms with Gasteiger partial charge in [0.2, 0.25) is 0 Å². The molecule has 0 saturated carbocycles. The van der Waals surface area contributed by atoms with Crippen molar-refractivity contribution >= 4 is 5.82 Å². The van der Waals surface area contributed by atoms with Gasteiger partial charge < -0.3 is 10.5 Å². The summed E-state index contributed by atoms with van der Waals surface area (Å²) in [5.74, 6) is 1.40. The summed E-state index contributed by atoms with van der Waals surface area (Å²) >= 11 is 0. The van der Waals surface area contributed by atoms with Crippen LogP contribution >= 0.6 is 0 Å². The molecule has 4 nitrogen and oxygen atoms in total. The van der Waals surface area contributed by atoms with E-state index in [9.17, 15) is 0 Å². The number of anilines is 1. The van der Waals surface area contributed by atoms with E-state index in [0.717, 1.165) is 11.4 Å². The van der Waals surface area contributed by atoms with E-state index < -0.39 is 0 Å². The molecule has 0 unspecified atom stereocenters. The number of nitrogens with two attached hydrogens (primary N) is 1. The Hall–Kier alpha value is -1.97. The highest BCUT2D eigenvalue weighted by Gasteiger charge is 2.01. The summed E-state index contributed by atoms with van der Waals surface area (Å²) in [6.07, 6.45) is 1.66. The molecule has 4 heteroatoms. The van der Waals surface area contributed by atoms with Crippen LogP contribution in [0.25, 0.3) is 5.69 Å². The standard InChI is InChI=1S/C10H11N3O/c1-14-9-4-2-3-8(7-9)13-10(11)5-6-12-13/h2-7H,11H2,1H3. The van der Waals surface area contributed by atoms with E-state index in [1.807, 2.05) is 24.3 Å². The van der Waals surface area contributed by atoms with Gasteiger partial charge in [-0.05, 0) is 12.1 Å². The molecule has 0 amide bonds. The Kier molecular flexibility index (Phi) is 2.10. The molecule has 0 bridgehead atoms. The Morgan fingerprint density at radius 1 is 1.36 bits per heavy atom. The third-order valence-electron chi connectivity index (χ3n) is 1.97. The first-order chi connectivity index (χ1) is 6.81. The van der Waals surface area contributed by atoms with Gasteiger partial charge in [0.25, 0.3) is 0 Å². The molecule has 0 spiro atoms. The highest BCUT2D eigenvalue weighted by Crippen LogP contribution is 2.17. The van der Waals surface area contributed by atoms with Crippen molar-refractivity contribution in [2.24, 2.45) is 0 Å². The number of hydrogen-bond acceptors (Lipinski definition) is 3. The molecule has 0 aliphatic rings. The highest BCUT2D eigenvalue weighted by molar-refractivity contribution is 5.44. The first-order valence-corrected chi connectivity index (χ1v) is 4.25. The van der Waals surface area contributed by atoms with Gasteiger partial charge in [-0.15, -0.1) is 0 Å². The van der Waals surface area contributed by atoms with Gasteiger partial charge in [0.15, 0.2) is 0 Å². The van der Waals surface area contributed by atoms with Crippen LogP contribution in [0.1, 0.15) is 0 Å². The lowest BCUT2D eigenvalue weighted by Crippen LogP contribution is -2.01. The maximum atomic E-state index is 5.72. The fourth-order valence-corrected chi connectivity index (χ4v) is 1.27. The van der Waals surface area contributed by atoms with Gasteiger partial charge in [0.1, 0.15) is 11.6 Å². The molecule has 0 atom stereocenters. The minimum atomic E-state index is 0.609. The molecule has 0 radical (unpaired) electrons. The van der Waals surface area contributed by atoms with Crippen LogP contribution in [0.2, 0.25) is 0 Å². The summed E-state index contributed by atoms with van der Waals surface area (Å²) < 4.78 is 6.77. The van der Waals surface area contributed by atoms with Gasteiger partial charge in [-0.2, -0.15) is 5.10 Å². The molecule has 0 aliphatic heterocycles. The molecule has 2 N–H and O–H groups in total. The quantitative estimate of drug-likeness (QED) is 0.778. The summed E-state index contributed by atoms with van der Waals surface area (Å²) in [6, 6.07) is 9.33. The second-order valence-electron chi connectivity index (χ2n) is 2.87. The first-order valence-electron chi connectivity index (χ1n) is 4.25. The first kappa shape index (κ1) is 8.62. The van der Waals surface area contributed by atoms with Crippen LogP contribution < -0.4 is 10.5 Å². The van der Waals surface area contributed by atoms with Crippen LogP contribution in [-0.4, -0.2) is 16.9 Å². The van der Waals surface area contributed by atoms with Crippen molar-refractivity contribution in [2.45, 2.75) is 0 Å². The summed E-state index contributed by atoms with van der Waals surface area (Å²) in [4.78, 5) is 0. The number of rotatable bonds is 2. The second-order valence-corrected chi connectivity index (χ2v) is 2.87. The lowest BCUT2D eigenvalue weighted by molar-refractivity contribution is 0.414. The number of nitrogens with zero attached hydrogens (tertiary/aromatic N) is 2. The zero-order valence-electron chi connectivity index (χ0n) is 7.84. The van der Waals surface area contributed by atoms with Gasteiger partial charge in [-0.1, -0.05) is 6.07 Å². The van der Waals surface area contributed by atoms with Crippen LogP contribution in [0, 0.1) is 0 Å². The summed E-state index contributed by atoms with van der Waals surface area (Å²) in [5, 5.41) is 4.10. The molecule has 0 aliphatic carbocycles. The van der Waals surface area contributed by atoms with Gasteiger partial charge in [0.05, 0.1) is 19.0 Å². The van der Waals surface area contributed by atoms with Crippen LogP contribution in [0.15, 0.2) is 36.5 Å². The molecule has 1 aromatic carbocycles. The van der Waals surface area contributed by atoms with Gasteiger partial charge in [0, 0.05) is 12.1 Å². The monoisotopic (exact) mass is 189 g/mol. The van der Waals surface area contributed by atoms with Gasteiger partial charge >= 0.3 is 0 Å². The van der Waals surface area contributed by atoms with Crippen LogP contribution in [0.3, 0.4) is 0 Å². The van der Waals surface area contributed by atoms with Crippen molar-refractivity contribution in [1.29, 1.82) is 0 Å². The highest BCUT2D eigenvalue weighted by atomic mass is 16.5. The van der Waals surface area contributed by atoms with E-state index in [0.29, 0.717) is 5.82 Å². The Morgan fingerprint density at radius 2 is 2.21 bits per heavy atom.